The van der Waals surface area contributed by atoms with Crippen molar-refractivity contribution in [2.45, 2.75) is 5.31 Å². The van der Waals surface area contributed by atoms with Gasteiger partial charge in [0, 0.05) is 44.9 Å². The summed E-state index contributed by atoms with van der Waals surface area (Å²) >= 11 is 0. The highest BCUT2D eigenvalue weighted by Gasteiger charge is 2.46. The van der Waals surface area contributed by atoms with Crippen molar-refractivity contribution in [3.63, 3.8) is 0 Å². The van der Waals surface area contributed by atoms with Gasteiger partial charge in [-0.1, -0.05) is 140 Å². The quantitative estimate of drug-likeness (QED) is 0.135. The number of fused-ring (bicyclic) bond motifs is 9. The molecule has 0 fully saturated rings. The van der Waals surface area contributed by atoms with E-state index in [1.54, 1.807) is 0 Å². The summed E-state index contributed by atoms with van der Waals surface area (Å²) in [5.41, 5.74) is 10.7. The minimum absolute atomic E-state index is 0.696. The molecule has 2 radical (unpaired) electrons. The Hall–Kier alpha value is -7.04. The summed E-state index contributed by atoms with van der Waals surface area (Å²) < 4.78 is 15.7. The van der Waals surface area contributed by atoms with E-state index in [1.165, 1.54) is 54.6 Å². The number of hydrogen-bond donors (Lipinski definition) is 0. The average molecular weight is 700 g/mol. The molecule has 0 amide bonds. The molecule has 0 aliphatic carbocycles. The van der Waals surface area contributed by atoms with E-state index in [4.69, 9.17) is 17.3 Å². The van der Waals surface area contributed by atoms with Gasteiger partial charge in [-0.25, -0.2) is 0 Å². The molecule has 0 saturated carbocycles. The third kappa shape index (κ3) is 4.17. The van der Waals surface area contributed by atoms with Crippen LogP contribution in [0.25, 0.3) is 71.3 Å². The molecule has 10 aromatic rings. The molecule has 9 aromatic carbocycles. The molecule has 0 unspecified atom stereocenters. The van der Waals surface area contributed by atoms with Gasteiger partial charge in [0.05, 0.1) is 24.6 Å². The Kier molecular flexibility index (Phi) is 6.22. The van der Waals surface area contributed by atoms with Crippen LogP contribution >= 0.6 is 0 Å². The van der Waals surface area contributed by atoms with Crippen LogP contribution in [0.3, 0.4) is 0 Å². The third-order valence-corrected chi connectivity index (χ3v) is 11.7. The Bertz CT molecular complexity index is 3110. The van der Waals surface area contributed by atoms with Crippen LogP contribution in [-0.2, 0) is 5.31 Å². The first-order chi connectivity index (χ1) is 27.2. The molecule has 1 aromatic heterocycles. The number of ether oxygens (including phenoxy) is 2. The van der Waals surface area contributed by atoms with Gasteiger partial charge in [0.2, 0.25) is 0 Å². The summed E-state index contributed by atoms with van der Waals surface area (Å²) in [6, 6.07) is 64.4. The molecule has 0 atom stereocenters. The predicted molar refractivity (Wildman–Crippen MR) is 225 cm³/mol. The fourth-order valence-corrected chi connectivity index (χ4v) is 9.43. The lowest BCUT2D eigenvalue weighted by molar-refractivity contribution is 0.399. The lowest BCUT2D eigenvalue weighted by atomic mass is 9.54. The zero-order valence-corrected chi connectivity index (χ0v) is 29.7. The zero-order valence-electron chi connectivity index (χ0n) is 29.7. The topological polar surface area (TPSA) is 23.4 Å². The fraction of sp³-hybridized carbons (Fsp3) is 0.0196. The number of rotatable bonds is 3. The van der Waals surface area contributed by atoms with Crippen LogP contribution < -0.4 is 9.47 Å². The highest BCUT2D eigenvalue weighted by atomic mass is 16.5. The molecule has 55 heavy (non-hydrogen) atoms. The van der Waals surface area contributed by atoms with Gasteiger partial charge in [-0.2, -0.15) is 0 Å². The first-order valence-corrected chi connectivity index (χ1v) is 18.7. The maximum Gasteiger partial charge on any atom is 0.136 e. The van der Waals surface area contributed by atoms with Crippen LogP contribution in [0, 0.1) is 0 Å². The van der Waals surface area contributed by atoms with Crippen LogP contribution in [0.5, 0.6) is 23.0 Å². The van der Waals surface area contributed by atoms with E-state index in [-0.39, 0.29) is 0 Å². The minimum atomic E-state index is -0.926. The molecule has 3 heterocycles. The van der Waals surface area contributed by atoms with Crippen molar-refractivity contribution in [1.82, 2.24) is 4.57 Å². The summed E-state index contributed by atoms with van der Waals surface area (Å²) in [6.45, 7) is 0. The van der Waals surface area contributed by atoms with Crippen molar-refractivity contribution >= 4 is 51.2 Å². The summed E-state index contributed by atoms with van der Waals surface area (Å²) in [5, 5.41) is 6.37. The first kappa shape index (κ1) is 30.4. The fourth-order valence-electron chi connectivity index (χ4n) is 9.43. The van der Waals surface area contributed by atoms with E-state index < -0.39 is 5.31 Å². The summed E-state index contributed by atoms with van der Waals surface area (Å²) in [7, 11) is 7.52. The van der Waals surface area contributed by atoms with Gasteiger partial charge in [-0.3, -0.25) is 0 Å². The molecule has 0 saturated heterocycles. The molecular formula is C51H30BNO2. The number of aromatic nitrogens is 1. The van der Waals surface area contributed by atoms with Crippen molar-refractivity contribution in [2.75, 3.05) is 0 Å². The van der Waals surface area contributed by atoms with Gasteiger partial charge in [0.1, 0.15) is 23.0 Å². The van der Waals surface area contributed by atoms with Gasteiger partial charge in [0.15, 0.2) is 0 Å². The van der Waals surface area contributed by atoms with Crippen molar-refractivity contribution in [3.8, 4) is 50.9 Å². The summed E-state index contributed by atoms with van der Waals surface area (Å²) in [6.07, 6.45) is 0. The lowest BCUT2D eigenvalue weighted by Gasteiger charge is -2.43. The maximum absolute atomic E-state index is 7.52. The van der Waals surface area contributed by atoms with Crippen LogP contribution in [0.4, 0.5) is 0 Å². The Morgan fingerprint density at radius 1 is 0.382 bits per heavy atom. The second-order valence-electron chi connectivity index (χ2n) is 14.6. The van der Waals surface area contributed by atoms with Crippen molar-refractivity contribution in [3.05, 3.63) is 199 Å². The lowest BCUT2D eigenvalue weighted by Crippen LogP contribution is -2.36. The third-order valence-electron chi connectivity index (χ3n) is 11.7. The van der Waals surface area contributed by atoms with Gasteiger partial charge in [-0.05, 0) is 74.1 Å². The molecule has 254 valence electrons. The summed E-state index contributed by atoms with van der Waals surface area (Å²) in [5.74, 6) is 2.90. The molecule has 2 aliphatic rings. The van der Waals surface area contributed by atoms with Gasteiger partial charge in [0.25, 0.3) is 0 Å². The zero-order chi connectivity index (χ0) is 36.3. The highest BCUT2D eigenvalue weighted by molar-refractivity contribution is 6.24. The van der Waals surface area contributed by atoms with Crippen molar-refractivity contribution in [2.24, 2.45) is 0 Å². The second kappa shape index (κ2) is 11.2. The number of hydrogen-bond acceptors (Lipinski definition) is 2. The van der Waals surface area contributed by atoms with E-state index in [0.29, 0.717) is 11.5 Å². The Balaban J connectivity index is 1.10. The molecule has 3 nitrogen and oxygen atoms in total. The van der Waals surface area contributed by atoms with Gasteiger partial charge >= 0.3 is 0 Å². The predicted octanol–water partition coefficient (Wildman–Crippen LogP) is 13.1. The first-order valence-electron chi connectivity index (χ1n) is 18.7. The molecule has 12 rings (SSSR count). The van der Waals surface area contributed by atoms with Crippen molar-refractivity contribution in [1.29, 1.82) is 0 Å². The number of benzene rings is 9. The highest BCUT2D eigenvalue weighted by Crippen LogP contribution is 2.59. The summed E-state index contributed by atoms with van der Waals surface area (Å²) in [4.78, 5) is 0. The van der Waals surface area contributed by atoms with E-state index >= 15 is 0 Å². The van der Waals surface area contributed by atoms with E-state index in [1.807, 2.05) is 36.4 Å². The standard InChI is InChI=1S/C51H30BNO2/c52-51-40-21-9-12-24-44(40)54-46-29-33(30-47(50(46)51)55-45-25-13-10-22-41(45)51)53-42-23-11-8-16-34(42)39-28-32(26-27-43(39)53)49-37-19-6-4-17-35(37)48(31-14-2-1-3-15-31)36-18-5-7-20-38(36)49/h1-30H. The minimum Gasteiger partial charge on any atom is -0.457 e. The molecule has 0 spiro atoms. The number of para-hydroxylation sites is 3. The van der Waals surface area contributed by atoms with E-state index in [0.717, 1.165) is 44.9 Å². The molecule has 2 aliphatic heterocycles. The van der Waals surface area contributed by atoms with Crippen LogP contribution in [0.1, 0.15) is 16.7 Å². The molecule has 0 N–H and O–H groups in total. The maximum atomic E-state index is 7.52. The van der Waals surface area contributed by atoms with Crippen LogP contribution in [0.2, 0.25) is 0 Å². The average Bonchev–Trinajstić information content (AvgIpc) is 3.57. The van der Waals surface area contributed by atoms with Gasteiger partial charge in [-0.15, -0.1) is 0 Å². The molecular weight excluding hydrogens is 669 g/mol. The molecule has 0 bridgehead atoms. The van der Waals surface area contributed by atoms with Crippen LogP contribution in [-0.4, -0.2) is 12.4 Å². The van der Waals surface area contributed by atoms with Crippen LogP contribution in [0.15, 0.2) is 182 Å². The smallest absolute Gasteiger partial charge is 0.136 e. The normalized spacial score (nSPS) is 13.6. The number of nitrogens with zero attached hydrogens (tertiary/aromatic N) is 1. The van der Waals surface area contributed by atoms with Crippen molar-refractivity contribution < 1.29 is 9.47 Å². The SMILES string of the molecule is [B]C12c3ccccc3Oc3cc(-n4c5ccccc5c5cc(-c6c7ccccc7c(-c7ccccc7)c7ccccc67)ccc54)cc(c31)Oc1ccccc12. The monoisotopic (exact) mass is 699 g/mol. The van der Waals surface area contributed by atoms with Gasteiger partial charge < -0.3 is 14.0 Å². The molecule has 4 heteroatoms. The van der Waals surface area contributed by atoms with E-state index in [2.05, 4.69) is 150 Å². The Morgan fingerprint density at radius 2 is 0.855 bits per heavy atom. The second-order valence-corrected chi connectivity index (χ2v) is 14.6. The Morgan fingerprint density at radius 3 is 1.45 bits per heavy atom. The largest absolute Gasteiger partial charge is 0.457 e. The van der Waals surface area contributed by atoms with E-state index in [9.17, 15) is 0 Å². The Labute approximate surface area is 319 Å².